The maximum absolute atomic E-state index is 6.06. The van der Waals surface area contributed by atoms with Crippen molar-refractivity contribution in [3.8, 4) is 17.0 Å². The smallest absolute Gasteiger partial charge is 0.171 e. The molecular formula is C21H17ClN4O. The lowest BCUT2D eigenvalue weighted by Gasteiger charge is -2.14. The number of halogens is 1. The first-order valence-corrected chi connectivity index (χ1v) is 8.79. The number of hydrazine groups is 1. The topological polar surface area (TPSA) is 59.1 Å². The van der Waals surface area contributed by atoms with E-state index in [9.17, 15) is 0 Å². The van der Waals surface area contributed by atoms with Crippen molar-refractivity contribution in [2.45, 2.75) is 0 Å². The number of methoxy groups -OCH3 is 1. The fourth-order valence-electron chi connectivity index (χ4n) is 2.74. The first kappa shape index (κ1) is 17.1. The summed E-state index contributed by atoms with van der Waals surface area (Å²) < 4.78 is 5.30. The van der Waals surface area contributed by atoms with Gasteiger partial charge in [-0.1, -0.05) is 48.0 Å². The molecule has 0 radical (unpaired) electrons. The van der Waals surface area contributed by atoms with Crippen molar-refractivity contribution < 1.29 is 4.74 Å². The van der Waals surface area contributed by atoms with Crippen molar-refractivity contribution in [2.24, 2.45) is 0 Å². The second kappa shape index (κ2) is 7.51. The molecule has 0 aliphatic rings. The molecule has 0 atom stereocenters. The molecule has 6 heteroatoms. The Morgan fingerprint density at radius 1 is 0.815 bits per heavy atom. The largest absolute Gasteiger partial charge is 0.497 e. The Morgan fingerprint density at radius 3 is 2.44 bits per heavy atom. The fourth-order valence-corrected chi connectivity index (χ4v) is 2.93. The molecular weight excluding hydrogens is 360 g/mol. The van der Waals surface area contributed by atoms with E-state index >= 15 is 0 Å². The SMILES string of the molecule is COc1ccc2nc(-c3ccccc3)c(NNc3cccc(Cl)c3)nc2c1. The molecule has 0 amide bonds. The van der Waals surface area contributed by atoms with Crippen LogP contribution in [0.25, 0.3) is 22.3 Å². The lowest BCUT2D eigenvalue weighted by molar-refractivity contribution is 0.415. The molecule has 0 saturated heterocycles. The van der Waals surface area contributed by atoms with Gasteiger partial charge in [0.1, 0.15) is 11.4 Å². The van der Waals surface area contributed by atoms with Gasteiger partial charge in [0.2, 0.25) is 0 Å². The summed E-state index contributed by atoms with van der Waals surface area (Å²) in [6.45, 7) is 0. The molecule has 2 N–H and O–H groups in total. The van der Waals surface area contributed by atoms with Gasteiger partial charge in [0, 0.05) is 16.7 Å². The molecule has 4 aromatic rings. The van der Waals surface area contributed by atoms with E-state index in [4.69, 9.17) is 26.3 Å². The molecule has 27 heavy (non-hydrogen) atoms. The van der Waals surface area contributed by atoms with Gasteiger partial charge in [0.15, 0.2) is 5.82 Å². The second-order valence-electron chi connectivity index (χ2n) is 5.90. The van der Waals surface area contributed by atoms with E-state index in [-0.39, 0.29) is 0 Å². The number of aromatic nitrogens is 2. The van der Waals surface area contributed by atoms with Crippen molar-refractivity contribution in [2.75, 3.05) is 18.0 Å². The number of anilines is 2. The van der Waals surface area contributed by atoms with Gasteiger partial charge in [-0.2, -0.15) is 0 Å². The van der Waals surface area contributed by atoms with Crippen molar-refractivity contribution in [3.63, 3.8) is 0 Å². The number of nitrogens with zero attached hydrogens (tertiary/aromatic N) is 2. The van der Waals surface area contributed by atoms with Crippen LogP contribution in [0.2, 0.25) is 5.02 Å². The average molecular weight is 377 g/mol. The summed E-state index contributed by atoms with van der Waals surface area (Å²) in [6.07, 6.45) is 0. The van der Waals surface area contributed by atoms with Crippen molar-refractivity contribution in [3.05, 3.63) is 77.8 Å². The lowest BCUT2D eigenvalue weighted by Crippen LogP contribution is -2.12. The summed E-state index contributed by atoms with van der Waals surface area (Å²) in [5, 5.41) is 0.652. The van der Waals surface area contributed by atoms with E-state index in [0.29, 0.717) is 10.8 Å². The zero-order chi connectivity index (χ0) is 18.6. The van der Waals surface area contributed by atoms with Gasteiger partial charge < -0.3 is 4.74 Å². The van der Waals surface area contributed by atoms with Gasteiger partial charge >= 0.3 is 0 Å². The Morgan fingerprint density at radius 2 is 1.67 bits per heavy atom. The maximum atomic E-state index is 6.06. The van der Waals surface area contributed by atoms with E-state index in [2.05, 4.69) is 10.9 Å². The third-order valence-electron chi connectivity index (χ3n) is 4.07. The van der Waals surface area contributed by atoms with E-state index in [1.165, 1.54) is 0 Å². The van der Waals surface area contributed by atoms with Crippen LogP contribution >= 0.6 is 11.6 Å². The molecule has 0 aliphatic carbocycles. The third-order valence-corrected chi connectivity index (χ3v) is 4.30. The van der Waals surface area contributed by atoms with Gasteiger partial charge in [0.25, 0.3) is 0 Å². The minimum atomic E-state index is 0.613. The molecule has 1 aromatic heterocycles. The van der Waals surface area contributed by atoms with Gasteiger partial charge in [-0.15, -0.1) is 0 Å². The summed E-state index contributed by atoms with van der Waals surface area (Å²) in [6, 6.07) is 23.0. The monoisotopic (exact) mass is 376 g/mol. The second-order valence-corrected chi connectivity index (χ2v) is 6.34. The van der Waals surface area contributed by atoms with Crippen LogP contribution in [-0.4, -0.2) is 17.1 Å². The molecule has 0 fully saturated rings. The molecule has 0 bridgehead atoms. The molecule has 0 spiro atoms. The van der Waals surface area contributed by atoms with Crippen LogP contribution in [-0.2, 0) is 0 Å². The summed E-state index contributed by atoms with van der Waals surface area (Å²) in [7, 11) is 1.63. The highest BCUT2D eigenvalue weighted by atomic mass is 35.5. The van der Waals surface area contributed by atoms with Crippen LogP contribution in [0, 0.1) is 0 Å². The van der Waals surface area contributed by atoms with Crippen LogP contribution in [0.3, 0.4) is 0 Å². The van der Waals surface area contributed by atoms with E-state index < -0.39 is 0 Å². The number of fused-ring (bicyclic) bond motifs is 1. The summed E-state index contributed by atoms with van der Waals surface area (Å²) in [5.41, 5.74) is 10.4. The highest BCUT2D eigenvalue weighted by Crippen LogP contribution is 2.28. The van der Waals surface area contributed by atoms with Crippen LogP contribution < -0.4 is 15.6 Å². The number of ether oxygens (including phenoxy) is 1. The first-order chi connectivity index (χ1) is 13.2. The van der Waals surface area contributed by atoms with Crippen molar-refractivity contribution in [1.82, 2.24) is 9.97 Å². The number of benzene rings is 3. The van der Waals surface area contributed by atoms with Crippen molar-refractivity contribution in [1.29, 1.82) is 0 Å². The molecule has 5 nitrogen and oxygen atoms in total. The number of rotatable bonds is 5. The van der Waals surface area contributed by atoms with E-state index in [1.807, 2.05) is 72.8 Å². The minimum Gasteiger partial charge on any atom is -0.497 e. The maximum Gasteiger partial charge on any atom is 0.171 e. The average Bonchev–Trinajstić information content (AvgIpc) is 2.72. The summed E-state index contributed by atoms with van der Waals surface area (Å²) >= 11 is 6.06. The Labute approximate surface area is 162 Å². The highest BCUT2D eigenvalue weighted by Gasteiger charge is 2.12. The van der Waals surface area contributed by atoms with Gasteiger partial charge in [0.05, 0.1) is 23.8 Å². The minimum absolute atomic E-state index is 0.613. The van der Waals surface area contributed by atoms with E-state index in [0.717, 1.165) is 33.7 Å². The highest BCUT2D eigenvalue weighted by molar-refractivity contribution is 6.30. The summed E-state index contributed by atoms with van der Waals surface area (Å²) in [5.74, 6) is 1.35. The molecule has 4 rings (SSSR count). The van der Waals surface area contributed by atoms with Crippen LogP contribution in [0.1, 0.15) is 0 Å². The molecule has 0 saturated carbocycles. The predicted octanol–water partition coefficient (Wildman–Crippen LogP) is 5.40. The van der Waals surface area contributed by atoms with Crippen LogP contribution in [0.4, 0.5) is 11.5 Å². The molecule has 0 aliphatic heterocycles. The summed E-state index contributed by atoms with van der Waals surface area (Å²) in [4.78, 5) is 9.55. The number of hydrogen-bond donors (Lipinski definition) is 2. The fraction of sp³-hybridized carbons (Fsp3) is 0.0476. The lowest BCUT2D eigenvalue weighted by atomic mass is 10.1. The molecule has 3 aromatic carbocycles. The van der Waals surface area contributed by atoms with Gasteiger partial charge in [-0.25, -0.2) is 9.97 Å². The molecule has 134 valence electrons. The Bertz CT molecular complexity index is 1090. The zero-order valence-corrected chi connectivity index (χ0v) is 15.4. The zero-order valence-electron chi connectivity index (χ0n) is 14.6. The van der Waals surface area contributed by atoms with Gasteiger partial charge in [-0.05, 0) is 30.3 Å². The third kappa shape index (κ3) is 3.78. The Hall–Kier alpha value is -3.31. The number of nitrogens with one attached hydrogen (secondary N) is 2. The van der Waals surface area contributed by atoms with Crippen LogP contribution in [0.5, 0.6) is 5.75 Å². The Balaban J connectivity index is 1.77. The molecule has 1 heterocycles. The molecule has 0 unspecified atom stereocenters. The van der Waals surface area contributed by atoms with E-state index in [1.54, 1.807) is 7.11 Å². The standard InChI is InChI=1S/C21H17ClN4O/c1-27-17-10-11-18-19(13-17)24-21(20(23-18)14-6-3-2-4-7-14)26-25-16-9-5-8-15(22)12-16/h2-13,25H,1H3,(H,24,26). The van der Waals surface area contributed by atoms with Gasteiger partial charge in [-0.3, -0.25) is 10.9 Å². The van der Waals surface area contributed by atoms with Crippen molar-refractivity contribution >= 4 is 34.1 Å². The Kier molecular flexibility index (Phi) is 4.77. The first-order valence-electron chi connectivity index (χ1n) is 8.42. The normalized spacial score (nSPS) is 10.6. The quantitative estimate of drug-likeness (QED) is 0.457. The predicted molar refractivity (Wildman–Crippen MR) is 110 cm³/mol. The van der Waals surface area contributed by atoms with Crippen LogP contribution in [0.15, 0.2) is 72.8 Å². The number of hydrogen-bond acceptors (Lipinski definition) is 5.